The van der Waals surface area contributed by atoms with E-state index in [0.29, 0.717) is 38.9 Å². The van der Waals surface area contributed by atoms with Crippen molar-refractivity contribution in [2.45, 2.75) is 31.5 Å². The molecule has 0 aliphatic carbocycles. The van der Waals surface area contributed by atoms with Gasteiger partial charge in [-0.1, -0.05) is 0 Å². The maximum Gasteiger partial charge on any atom is 0.417 e. The van der Waals surface area contributed by atoms with Crippen LogP contribution < -0.4 is 15.8 Å². The molecule has 2 heterocycles. The molecule has 0 saturated carbocycles. The predicted molar refractivity (Wildman–Crippen MR) is 86.4 cm³/mol. The van der Waals surface area contributed by atoms with Crippen LogP contribution in [0.1, 0.15) is 19.0 Å². The summed E-state index contributed by atoms with van der Waals surface area (Å²) in [6.07, 6.45) is -6.32. The number of amides is 2. The van der Waals surface area contributed by atoms with Crippen LogP contribution >= 0.6 is 11.3 Å². The van der Waals surface area contributed by atoms with Crippen molar-refractivity contribution >= 4 is 28.3 Å². The molecule has 1 aromatic rings. The van der Waals surface area contributed by atoms with Gasteiger partial charge in [-0.05, 0) is 6.92 Å². The second-order valence-corrected chi connectivity index (χ2v) is 6.78. The minimum absolute atomic E-state index is 0.142. The van der Waals surface area contributed by atoms with Crippen molar-refractivity contribution in [2.75, 3.05) is 31.2 Å². The van der Waals surface area contributed by atoms with Crippen LogP contribution in [-0.4, -0.2) is 60.0 Å². The molecule has 12 heteroatoms. The zero-order valence-corrected chi connectivity index (χ0v) is 14.7. The number of thiazole rings is 1. The van der Waals surface area contributed by atoms with Crippen LogP contribution in [0.3, 0.4) is 0 Å². The van der Waals surface area contributed by atoms with E-state index in [1.165, 1.54) is 11.3 Å². The minimum Gasteiger partial charge on any atom is -0.380 e. The molecule has 146 valence electrons. The van der Waals surface area contributed by atoms with Crippen LogP contribution in [0, 0.1) is 0 Å². The summed E-state index contributed by atoms with van der Waals surface area (Å²) in [7, 11) is 0. The number of hydrogen-bond acceptors (Lipinski definition) is 7. The molecule has 8 nitrogen and oxygen atoms in total. The maximum atomic E-state index is 12.5. The molecule has 3 N–H and O–H groups in total. The lowest BCUT2D eigenvalue weighted by Crippen LogP contribution is -2.49. The molecule has 1 aliphatic rings. The lowest BCUT2D eigenvalue weighted by atomic mass is 10.0. The Bertz CT molecular complexity index is 644. The fraction of sp³-hybridized carbons (Fsp3) is 0.643. The molecule has 2 amide bonds. The lowest BCUT2D eigenvalue weighted by molar-refractivity contribution is -0.253. The van der Waals surface area contributed by atoms with E-state index in [2.05, 4.69) is 4.98 Å². The molecule has 1 aromatic heterocycles. The number of carbonyl (C=O) groups excluding carboxylic acids is 2. The summed E-state index contributed by atoms with van der Waals surface area (Å²) in [5, 5.41) is 11.7. The van der Waals surface area contributed by atoms with Gasteiger partial charge in [0.25, 0.3) is 0 Å². The van der Waals surface area contributed by atoms with Gasteiger partial charge in [-0.2, -0.15) is 13.2 Å². The number of anilines is 1. The third-order valence-electron chi connectivity index (χ3n) is 3.62. The molecular weight excluding hydrogens is 377 g/mol. The van der Waals surface area contributed by atoms with Crippen LogP contribution in [0.4, 0.5) is 18.3 Å². The highest BCUT2D eigenvalue weighted by molar-refractivity contribution is 7.13. The number of hydrazine groups is 1. The van der Waals surface area contributed by atoms with Gasteiger partial charge in [0.05, 0.1) is 31.7 Å². The van der Waals surface area contributed by atoms with E-state index in [0.717, 1.165) is 5.13 Å². The Balaban J connectivity index is 1.78. The third kappa shape index (κ3) is 5.54. The van der Waals surface area contributed by atoms with Gasteiger partial charge in [0.1, 0.15) is 0 Å². The number of aromatic nitrogens is 1. The van der Waals surface area contributed by atoms with Gasteiger partial charge < -0.3 is 14.7 Å². The van der Waals surface area contributed by atoms with Gasteiger partial charge in [0.2, 0.25) is 11.8 Å². The summed E-state index contributed by atoms with van der Waals surface area (Å²) in [6.45, 7) is 3.09. The average Bonchev–Trinajstić information content (AvgIpc) is 3.01. The van der Waals surface area contributed by atoms with Crippen molar-refractivity contribution in [1.29, 1.82) is 0 Å². The first-order valence-electron chi connectivity index (χ1n) is 7.72. The SMILES string of the molecule is C[C@](O)(CC(=O)NNC(=O)Cc1csc(N2CCOCC2)n1)C(F)(F)F. The van der Waals surface area contributed by atoms with E-state index in [9.17, 15) is 27.9 Å². The Labute approximate surface area is 151 Å². The highest BCUT2D eigenvalue weighted by Gasteiger charge is 2.51. The van der Waals surface area contributed by atoms with Crippen LogP contribution in [-0.2, 0) is 20.7 Å². The van der Waals surface area contributed by atoms with Crippen molar-refractivity contribution in [3.05, 3.63) is 11.1 Å². The molecule has 1 atom stereocenters. The fourth-order valence-corrected chi connectivity index (χ4v) is 2.96. The number of carbonyl (C=O) groups is 2. The van der Waals surface area contributed by atoms with Gasteiger partial charge in [0, 0.05) is 18.5 Å². The molecule has 0 bridgehead atoms. The second kappa shape index (κ2) is 8.18. The molecule has 26 heavy (non-hydrogen) atoms. The number of halogens is 3. The number of aliphatic hydroxyl groups is 1. The number of nitrogens with one attached hydrogen (secondary N) is 2. The summed E-state index contributed by atoms with van der Waals surface area (Å²) < 4.78 is 42.7. The fourth-order valence-electron chi connectivity index (χ4n) is 2.08. The van der Waals surface area contributed by atoms with Crippen LogP contribution in [0.15, 0.2) is 5.38 Å². The molecule has 2 rings (SSSR count). The van der Waals surface area contributed by atoms with E-state index >= 15 is 0 Å². The van der Waals surface area contributed by atoms with Gasteiger partial charge in [-0.3, -0.25) is 20.4 Å². The molecule has 0 aromatic carbocycles. The van der Waals surface area contributed by atoms with Crippen molar-refractivity contribution in [3.63, 3.8) is 0 Å². The first-order chi connectivity index (χ1) is 12.1. The number of alkyl halides is 3. The van der Waals surface area contributed by atoms with Crippen molar-refractivity contribution in [2.24, 2.45) is 0 Å². The third-order valence-corrected chi connectivity index (χ3v) is 4.57. The van der Waals surface area contributed by atoms with Gasteiger partial charge in [-0.15, -0.1) is 11.3 Å². The van der Waals surface area contributed by atoms with E-state index in [4.69, 9.17) is 4.74 Å². The van der Waals surface area contributed by atoms with Gasteiger partial charge in [0.15, 0.2) is 10.7 Å². The summed E-state index contributed by atoms with van der Waals surface area (Å²) in [5.74, 6) is -1.79. The monoisotopic (exact) mass is 396 g/mol. The smallest absolute Gasteiger partial charge is 0.380 e. The molecule has 0 radical (unpaired) electrons. The zero-order valence-electron chi connectivity index (χ0n) is 13.9. The van der Waals surface area contributed by atoms with E-state index in [1.807, 2.05) is 15.8 Å². The maximum absolute atomic E-state index is 12.5. The number of morpholine rings is 1. The Morgan fingerprint density at radius 2 is 1.92 bits per heavy atom. The lowest BCUT2D eigenvalue weighted by Gasteiger charge is -2.26. The van der Waals surface area contributed by atoms with E-state index < -0.39 is 30.0 Å². The normalized spacial score (nSPS) is 17.5. The molecular formula is C14H19F3N4O4S. The minimum atomic E-state index is -4.95. The predicted octanol–water partition coefficient (Wildman–Crippen LogP) is 0.373. The Kier molecular flexibility index (Phi) is 6.42. The highest BCUT2D eigenvalue weighted by atomic mass is 32.1. The Morgan fingerprint density at radius 3 is 2.54 bits per heavy atom. The topological polar surface area (TPSA) is 104 Å². The highest BCUT2D eigenvalue weighted by Crippen LogP contribution is 2.32. The van der Waals surface area contributed by atoms with Crippen molar-refractivity contribution in [1.82, 2.24) is 15.8 Å². The molecule has 1 fully saturated rings. The standard InChI is InChI=1S/C14H19F3N4O4S/c1-13(24,14(15,16)17)7-11(23)20-19-10(22)6-9-8-26-12(18-9)21-2-4-25-5-3-21/h8,24H,2-7H2,1H3,(H,19,22)(H,20,23)/t13-/m0/s1. The van der Waals surface area contributed by atoms with Crippen LogP contribution in [0.5, 0.6) is 0 Å². The first kappa shape index (κ1) is 20.4. The van der Waals surface area contributed by atoms with Crippen LogP contribution in [0.25, 0.3) is 0 Å². The molecule has 0 unspecified atom stereocenters. The summed E-state index contributed by atoms with van der Waals surface area (Å²) in [5.41, 5.74) is 1.16. The number of ether oxygens (including phenoxy) is 1. The molecule has 0 spiro atoms. The van der Waals surface area contributed by atoms with Crippen molar-refractivity contribution < 1.29 is 32.6 Å². The van der Waals surface area contributed by atoms with Crippen molar-refractivity contribution in [3.8, 4) is 0 Å². The second-order valence-electron chi connectivity index (χ2n) is 5.94. The summed E-state index contributed by atoms with van der Waals surface area (Å²) >= 11 is 1.37. The van der Waals surface area contributed by atoms with Gasteiger partial charge >= 0.3 is 6.18 Å². The Morgan fingerprint density at radius 1 is 1.31 bits per heavy atom. The number of nitrogens with zero attached hydrogens (tertiary/aromatic N) is 2. The van der Waals surface area contributed by atoms with Gasteiger partial charge in [-0.25, -0.2) is 4.98 Å². The first-order valence-corrected chi connectivity index (χ1v) is 8.60. The summed E-state index contributed by atoms with van der Waals surface area (Å²) in [6, 6.07) is 0. The molecule has 1 saturated heterocycles. The summed E-state index contributed by atoms with van der Waals surface area (Å²) in [4.78, 5) is 29.6. The largest absolute Gasteiger partial charge is 0.417 e. The van der Waals surface area contributed by atoms with E-state index in [-0.39, 0.29) is 6.42 Å². The molecule has 1 aliphatic heterocycles. The van der Waals surface area contributed by atoms with E-state index in [1.54, 1.807) is 5.38 Å². The quantitative estimate of drug-likeness (QED) is 0.622. The number of hydrogen-bond donors (Lipinski definition) is 3. The number of rotatable bonds is 5. The Hall–Kier alpha value is -1.92. The van der Waals surface area contributed by atoms with Crippen LogP contribution in [0.2, 0.25) is 0 Å². The zero-order chi connectivity index (χ0) is 19.4. The average molecular weight is 396 g/mol.